The van der Waals surface area contributed by atoms with Crippen molar-refractivity contribution in [3.63, 3.8) is 0 Å². The molecule has 150 valence electrons. The Hall–Kier alpha value is -3.94. The number of para-hydroxylation sites is 1. The van der Waals surface area contributed by atoms with E-state index in [1.807, 2.05) is 35.2 Å². The molecule has 0 atom stereocenters. The SMILES string of the molecule is O=C(Nc1ccc2c(c1)oc1ccccc12)C(=O)N1CCN(c2cnccn2)CC1. The van der Waals surface area contributed by atoms with Gasteiger partial charge in [-0.15, -0.1) is 0 Å². The lowest BCUT2D eigenvalue weighted by atomic mass is 10.1. The highest BCUT2D eigenvalue weighted by molar-refractivity contribution is 6.39. The number of piperazine rings is 1. The lowest BCUT2D eigenvalue weighted by Crippen LogP contribution is -2.51. The summed E-state index contributed by atoms with van der Waals surface area (Å²) in [6.45, 7) is 2.10. The van der Waals surface area contributed by atoms with Gasteiger partial charge < -0.3 is 19.5 Å². The molecule has 0 aliphatic carbocycles. The van der Waals surface area contributed by atoms with Crippen LogP contribution in [0, 0.1) is 0 Å². The summed E-state index contributed by atoms with van der Waals surface area (Å²) in [6.07, 6.45) is 4.95. The summed E-state index contributed by atoms with van der Waals surface area (Å²) >= 11 is 0. The van der Waals surface area contributed by atoms with Crippen molar-refractivity contribution in [3.05, 3.63) is 61.1 Å². The molecule has 2 amide bonds. The standard InChI is InChI=1S/C22H19N5O3/c28-21(22(29)27-11-9-26(10-12-27)20-14-23-7-8-24-20)25-15-5-6-17-16-3-1-2-4-18(16)30-19(17)13-15/h1-8,13-14H,9-12H2,(H,25,28). The van der Waals surface area contributed by atoms with Crippen LogP contribution in [0.2, 0.25) is 0 Å². The van der Waals surface area contributed by atoms with Gasteiger partial charge in [-0.3, -0.25) is 14.6 Å². The van der Waals surface area contributed by atoms with Gasteiger partial charge in [-0.1, -0.05) is 18.2 Å². The Kier molecular flexibility index (Phi) is 4.51. The van der Waals surface area contributed by atoms with Crippen LogP contribution < -0.4 is 10.2 Å². The third-order valence-corrected chi connectivity index (χ3v) is 5.27. The number of benzene rings is 2. The van der Waals surface area contributed by atoms with Crippen molar-refractivity contribution < 1.29 is 14.0 Å². The largest absolute Gasteiger partial charge is 0.456 e. The Morgan fingerprint density at radius 3 is 2.53 bits per heavy atom. The zero-order valence-corrected chi connectivity index (χ0v) is 16.1. The van der Waals surface area contributed by atoms with E-state index in [4.69, 9.17) is 4.42 Å². The highest BCUT2D eigenvalue weighted by atomic mass is 16.3. The van der Waals surface area contributed by atoms with Crippen LogP contribution in [0.4, 0.5) is 11.5 Å². The van der Waals surface area contributed by atoms with E-state index < -0.39 is 11.8 Å². The number of amides is 2. The first-order valence-corrected chi connectivity index (χ1v) is 9.71. The summed E-state index contributed by atoms with van der Waals surface area (Å²) in [6, 6.07) is 13.2. The molecule has 1 fully saturated rings. The van der Waals surface area contributed by atoms with E-state index in [1.54, 1.807) is 35.6 Å². The van der Waals surface area contributed by atoms with Gasteiger partial charge in [0.25, 0.3) is 0 Å². The van der Waals surface area contributed by atoms with E-state index in [0.29, 0.717) is 37.4 Å². The van der Waals surface area contributed by atoms with Crippen molar-refractivity contribution in [1.82, 2.24) is 14.9 Å². The van der Waals surface area contributed by atoms with Gasteiger partial charge in [0.05, 0.1) is 6.20 Å². The maximum absolute atomic E-state index is 12.6. The molecule has 2 aromatic carbocycles. The van der Waals surface area contributed by atoms with Gasteiger partial charge in [0.15, 0.2) is 0 Å². The lowest BCUT2D eigenvalue weighted by molar-refractivity contribution is -0.143. The van der Waals surface area contributed by atoms with Crippen molar-refractivity contribution in [2.24, 2.45) is 0 Å². The van der Waals surface area contributed by atoms with E-state index in [-0.39, 0.29) is 0 Å². The molecule has 0 bridgehead atoms. The van der Waals surface area contributed by atoms with Crippen molar-refractivity contribution in [3.8, 4) is 0 Å². The summed E-state index contributed by atoms with van der Waals surface area (Å²) in [5.74, 6) is -0.426. The highest BCUT2D eigenvalue weighted by Gasteiger charge is 2.26. The van der Waals surface area contributed by atoms with Crippen LogP contribution in [0.1, 0.15) is 0 Å². The molecule has 30 heavy (non-hydrogen) atoms. The summed E-state index contributed by atoms with van der Waals surface area (Å²) in [5.41, 5.74) is 1.98. The number of fused-ring (bicyclic) bond motifs is 3. The number of carbonyl (C=O) groups excluding carboxylic acids is 2. The predicted molar refractivity (Wildman–Crippen MR) is 113 cm³/mol. The fourth-order valence-corrected chi connectivity index (χ4v) is 3.72. The number of nitrogens with zero attached hydrogens (tertiary/aromatic N) is 4. The summed E-state index contributed by atoms with van der Waals surface area (Å²) in [5, 5.41) is 4.68. The predicted octanol–water partition coefficient (Wildman–Crippen LogP) is 2.66. The zero-order chi connectivity index (χ0) is 20.5. The minimum atomic E-state index is -0.654. The number of rotatable bonds is 2. The number of carbonyl (C=O) groups is 2. The minimum absolute atomic E-state index is 0.450. The molecule has 4 aromatic rings. The Morgan fingerprint density at radius 2 is 1.73 bits per heavy atom. The van der Waals surface area contributed by atoms with Crippen LogP contribution in [0.3, 0.4) is 0 Å². The van der Waals surface area contributed by atoms with Gasteiger partial charge in [-0.2, -0.15) is 0 Å². The molecule has 8 heteroatoms. The molecule has 2 aromatic heterocycles. The van der Waals surface area contributed by atoms with Crippen molar-refractivity contribution in [1.29, 1.82) is 0 Å². The van der Waals surface area contributed by atoms with E-state index in [9.17, 15) is 9.59 Å². The molecule has 1 N–H and O–H groups in total. The molecule has 3 heterocycles. The van der Waals surface area contributed by atoms with Crippen LogP contribution in [-0.4, -0.2) is 52.9 Å². The molecule has 0 unspecified atom stereocenters. The Labute approximate surface area is 172 Å². The fraction of sp³-hybridized carbons (Fsp3) is 0.182. The number of anilines is 2. The van der Waals surface area contributed by atoms with E-state index in [0.717, 1.165) is 22.2 Å². The molecule has 0 spiro atoms. The molecule has 1 aliphatic rings. The summed E-state index contributed by atoms with van der Waals surface area (Å²) in [7, 11) is 0. The van der Waals surface area contributed by atoms with Crippen LogP contribution >= 0.6 is 0 Å². The van der Waals surface area contributed by atoms with Gasteiger partial charge in [0, 0.05) is 61.1 Å². The molecule has 0 saturated carbocycles. The first kappa shape index (κ1) is 18.1. The quantitative estimate of drug-likeness (QED) is 0.519. The maximum atomic E-state index is 12.6. The Bertz CT molecular complexity index is 1230. The monoisotopic (exact) mass is 401 g/mol. The smallest absolute Gasteiger partial charge is 0.313 e. The number of hydrogen-bond acceptors (Lipinski definition) is 6. The van der Waals surface area contributed by atoms with Crippen LogP contribution in [0.25, 0.3) is 21.9 Å². The van der Waals surface area contributed by atoms with Gasteiger partial charge in [0.1, 0.15) is 17.0 Å². The second-order valence-corrected chi connectivity index (χ2v) is 7.11. The summed E-state index contributed by atoms with van der Waals surface area (Å²) in [4.78, 5) is 37.0. The van der Waals surface area contributed by atoms with E-state index in [1.165, 1.54) is 0 Å². The molecule has 5 rings (SSSR count). The van der Waals surface area contributed by atoms with Gasteiger partial charge >= 0.3 is 11.8 Å². The molecule has 8 nitrogen and oxygen atoms in total. The number of furan rings is 1. The third-order valence-electron chi connectivity index (χ3n) is 5.27. The van der Waals surface area contributed by atoms with Crippen LogP contribution in [-0.2, 0) is 9.59 Å². The molecule has 0 radical (unpaired) electrons. The van der Waals surface area contributed by atoms with Crippen LogP contribution in [0.5, 0.6) is 0 Å². The second-order valence-electron chi connectivity index (χ2n) is 7.11. The van der Waals surface area contributed by atoms with Gasteiger partial charge in [-0.25, -0.2) is 4.98 Å². The second kappa shape index (κ2) is 7.47. The van der Waals surface area contributed by atoms with Gasteiger partial charge in [0.2, 0.25) is 0 Å². The number of hydrogen-bond donors (Lipinski definition) is 1. The van der Waals surface area contributed by atoms with Crippen LogP contribution in [0.15, 0.2) is 65.5 Å². The van der Waals surface area contributed by atoms with E-state index in [2.05, 4.69) is 15.3 Å². The van der Waals surface area contributed by atoms with Crippen molar-refractivity contribution in [2.75, 3.05) is 36.4 Å². The number of nitrogens with one attached hydrogen (secondary N) is 1. The van der Waals surface area contributed by atoms with Crippen molar-refractivity contribution >= 4 is 45.3 Å². The average Bonchev–Trinajstić information content (AvgIpc) is 3.17. The molecular formula is C22H19N5O3. The number of aromatic nitrogens is 2. The Balaban J connectivity index is 1.25. The fourth-order valence-electron chi connectivity index (χ4n) is 3.72. The molecular weight excluding hydrogens is 382 g/mol. The zero-order valence-electron chi connectivity index (χ0n) is 16.1. The third kappa shape index (κ3) is 3.32. The topological polar surface area (TPSA) is 91.6 Å². The average molecular weight is 401 g/mol. The minimum Gasteiger partial charge on any atom is -0.456 e. The maximum Gasteiger partial charge on any atom is 0.313 e. The highest BCUT2D eigenvalue weighted by Crippen LogP contribution is 2.30. The van der Waals surface area contributed by atoms with Gasteiger partial charge in [-0.05, 0) is 18.2 Å². The lowest BCUT2D eigenvalue weighted by Gasteiger charge is -2.34. The van der Waals surface area contributed by atoms with Crippen molar-refractivity contribution in [2.45, 2.75) is 0 Å². The summed E-state index contributed by atoms with van der Waals surface area (Å²) < 4.78 is 5.84. The molecule has 1 aliphatic heterocycles. The first-order valence-electron chi connectivity index (χ1n) is 9.71. The molecule has 1 saturated heterocycles. The normalized spacial score (nSPS) is 14.3. The first-order chi connectivity index (χ1) is 14.7. The van der Waals surface area contributed by atoms with E-state index >= 15 is 0 Å². The Morgan fingerprint density at radius 1 is 0.933 bits per heavy atom.